The molecule has 134 valence electrons. The average Bonchev–Trinajstić information content (AvgIpc) is 2.57. The molecule has 0 saturated carbocycles. The molecule has 0 saturated heterocycles. The number of carbonyl (C=O) groups is 1. The lowest BCUT2D eigenvalue weighted by Crippen LogP contribution is -2.11. The van der Waals surface area contributed by atoms with Crippen LogP contribution < -0.4 is 0 Å². The van der Waals surface area contributed by atoms with Crippen molar-refractivity contribution in [3.8, 4) is 0 Å². The van der Waals surface area contributed by atoms with Gasteiger partial charge in [0.2, 0.25) is 0 Å². The van der Waals surface area contributed by atoms with Gasteiger partial charge in [-0.1, -0.05) is 74.6 Å². The summed E-state index contributed by atoms with van der Waals surface area (Å²) >= 11 is 0. The quantitative estimate of drug-likeness (QED) is 0.363. The molecule has 0 heterocycles. The van der Waals surface area contributed by atoms with Gasteiger partial charge >= 0.3 is 5.97 Å². The van der Waals surface area contributed by atoms with Crippen molar-refractivity contribution in [2.45, 2.75) is 65.2 Å². The third-order valence-corrected chi connectivity index (χ3v) is 3.68. The van der Waals surface area contributed by atoms with Crippen molar-refractivity contribution in [1.82, 2.24) is 0 Å². The fourth-order valence-corrected chi connectivity index (χ4v) is 2.17. The maximum absolute atomic E-state index is 10.9. The van der Waals surface area contributed by atoms with Gasteiger partial charge in [-0.05, 0) is 51.4 Å². The molecule has 0 aromatic heterocycles. The highest BCUT2D eigenvalue weighted by Gasteiger charge is 2.12. The molecule has 0 aliphatic rings. The van der Waals surface area contributed by atoms with Crippen LogP contribution in [-0.4, -0.2) is 11.1 Å². The summed E-state index contributed by atoms with van der Waals surface area (Å²) in [6.07, 6.45) is 29.0. The molecule has 0 aliphatic heterocycles. The number of hydrogen-bond acceptors (Lipinski definition) is 1. The van der Waals surface area contributed by atoms with Crippen LogP contribution in [0, 0.1) is 5.92 Å². The van der Waals surface area contributed by atoms with Crippen molar-refractivity contribution in [3.63, 3.8) is 0 Å². The molecule has 0 bridgehead atoms. The molecule has 0 rings (SSSR count). The van der Waals surface area contributed by atoms with Crippen molar-refractivity contribution in [1.29, 1.82) is 0 Å². The minimum atomic E-state index is -0.676. The molecular formula is C22H34O2. The predicted molar refractivity (Wildman–Crippen MR) is 105 cm³/mol. The summed E-state index contributed by atoms with van der Waals surface area (Å²) in [6, 6.07) is 0. The average molecular weight is 331 g/mol. The Hall–Kier alpha value is -1.83. The zero-order valence-electron chi connectivity index (χ0n) is 15.4. The lowest BCUT2D eigenvalue weighted by molar-refractivity contribution is -0.142. The second-order valence-electron chi connectivity index (χ2n) is 5.73. The van der Waals surface area contributed by atoms with Gasteiger partial charge in [-0.15, -0.1) is 0 Å². The number of carboxylic acid groups (broad SMARTS) is 1. The molecule has 0 aliphatic carbocycles. The molecule has 2 nitrogen and oxygen atoms in total. The number of allylic oxidation sites excluding steroid dienone is 10. The Bertz CT molecular complexity index is 439. The normalized spacial score (nSPS) is 14.1. The number of rotatable bonds is 14. The summed E-state index contributed by atoms with van der Waals surface area (Å²) in [5.41, 5.74) is 0. The fraction of sp³-hybridized carbons (Fsp3) is 0.500. The topological polar surface area (TPSA) is 37.3 Å². The van der Waals surface area contributed by atoms with E-state index in [4.69, 9.17) is 5.11 Å². The lowest BCUT2D eigenvalue weighted by Gasteiger charge is -2.06. The van der Waals surface area contributed by atoms with E-state index >= 15 is 0 Å². The monoisotopic (exact) mass is 330 g/mol. The molecule has 2 heteroatoms. The van der Waals surface area contributed by atoms with E-state index in [0.717, 1.165) is 44.9 Å². The van der Waals surface area contributed by atoms with Gasteiger partial charge in [-0.2, -0.15) is 0 Å². The van der Waals surface area contributed by atoms with Gasteiger partial charge in [0, 0.05) is 0 Å². The van der Waals surface area contributed by atoms with Gasteiger partial charge in [0.15, 0.2) is 0 Å². The van der Waals surface area contributed by atoms with Crippen LogP contribution in [0.3, 0.4) is 0 Å². The van der Waals surface area contributed by atoms with E-state index in [1.54, 1.807) is 0 Å². The number of aliphatic carboxylic acids is 1. The summed E-state index contributed by atoms with van der Waals surface area (Å²) in [6.45, 7) is 4.07. The summed E-state index contributed by atoms with van der Waals surface area (Å²) in [5.74, 6) is -0.878. The highest BCUT2D eigenvalue weighted by atomic mass is 16.4. The molecule has 0 aromatic rings. The Labute approximate surface area is 148 Å². The molecule has 0 radical (unpaired) electrons. The largest absolute Gasteiger partial charge is 0.481 e. The van der Waals surface area contributed by atoms with Crippen LogP contribution in [0.15, 0.2) is 60.8 Å². The van der Waals surface area contributed by atoms with Gasteiger partial charge in [-0.3, -0.25) is 4.79 Å². The van der Waals surface area contributed by atoms with E-state index in [2.05, 4.69) is 67.7 Å². The van der Waals surface area contributed by atoms with Crippen molar-refractivity contribution in [2.24, 2.45) is 5.92 Å². The van der Waals surface area contributed by atoms with Gasteiger partial charge in [0.1, 0.15) is 0 Å². The highest BCUT2D eigenvalue weighted by molar-refractivity contribution is 5.69. The lowest BCUT2D eigenvalue weighted by atomic mass is 10.0. The first-order valence-corrected chi connectivity index (χ1v) is 9.20. The van der Waals surface area contributed by atoms with Crippen molar-refractivity contribution < 1.29 is 9.90 Å². The van der Waals surface area contributed by atoms with Gasteiger partial charge < -0.3 is 5.11 Å². The van der Waals surface area contributed by atoms with Crippen molar-refractivity contribution >= 4 is 5.97 Å². The summed E-state index contributed by atoms with van der Waals surface area (Å²) in [7, 11) is 0. The van der Waals surface area contributed by atoms with E-state index in [1.807, 2.05) is 6.92 Å². The SMILES string of the molecule is CCC=CCC=CCC=CCC=CCC=CCCC(CC)C(=O)O. The Morgan fingerprint density at radius 3 is 1.54 bits per heavy atom. The molecule has 0 spiro atoms. The number of hydrogen-bond donors (Lipinski definition) is 1. The van der Waals surface area contributed by atoms with Crippen molar-refractivity contribution in [3.05, 3.63) is 60.8 Å². The summed E-state index contributed by atoms with van der Waals surface area (Å²) in [5, 5.41) is 8.95. The molecule has 1 atom stereocenters. The number of carboxylic acids is 1. The first-order valence-electron chi connectivity index (χ1n) is 9.20. The maximum atomic E-state index is 10.9. The van der Waals surface area contributed by atoms with Crippen LogP contribution in [0.25, 0.3) is 0 Å². The van der Waals surface area contributed by atoms with E-state index in [1.165, 1.54) is 0 Å². The maximum Gasteiger partial charge on any atom is 0.306 e. The zero-order chi connectivity index (χ0) is 17.9. The van der Waals surface area contributed by atoms with Crippen LogP contribution in [-0.2, 0) is 4.79 Å². The standard InChI is InChI=1S/C22H34O2/c1-3-5-6-7-8-9-10-11-12-13-14-15-16-17-18-19-20-21(4-2)22(23)24/h5-6,8-9,11-12,14-15,17-18,21H,3-4,7,10,13,16,19-20H2,1-2H3,(H,23,24). The third-order valence-electron chi connectivity index (χ3n) is 3.68. The Kier molecular flexibility index (Phi) is 16.2. The van der Waals surface area contributed by atoms with Crippen molar-refractivity contribution in [2.75, 3.05) is 0 Å². The Balaban J connectivity index is 3.61. The summed E-state index contributed by atoms with van der Waals surface area (Å²) < 4.78 is 0. The second-order valence-corrected chi connectivity index (χ2v) is 5.73. The molecular weight excluding hydrogens is 296 g/mol. The molecule has 0 fully saturated rings. The smallest absolute Gasteiger partial charge is 0.306 e. The van der Waals surface area contributed by atoms with E-state index in [0.29, 0.717) is 6.42 Å². The molecule has 0 amide bonds. The molecule has 24 heavy (non-hydrogen) atoms. The Morgan fingerprint density at radius 1 is 0.750 bits per heavy atom. The minimum absolute atomic E-state index is 0.202. The molecule has 0 aromatic carbocycles. The van der Waals surface area contributed by atoms with E-state index in [-0.39, 0.29) is 5.92 Å². The third kappa shape index (κ3) is 15.1. The molecule has 1 unspecified atom stereocenters. The van der Waals surface area contributed by atoms with Crippen LogP contribution in [0.5, 0.6) is 0 Å². The predicted octanol–water partition coefficient (Wildman–Crippen LogP) is 6.63. The summed E-state index contributed by atoms with van der Waals surface area (Å²) in [4.78, 5) is 10.9. The zero-order valence-corrected chi connectivity index (χ0v) is 15.4. The highest BCUT2D eigenvalue weighted by Crippen LogP contribution is 2.11. The Morgan fingerprint density at radius 2 is 1.17 bits per heavy atom. The minimum Gasteiger partial charge on any atom is -0.481 e. The fourth-order valence-electron chi connectivity index (χ4n) is 2.17. The van der Waals surface area contributed by atoms with Crippen LogP contribution >= 0.6 is 0 Å². The van der Waals surface area contributed by atoms with E-state index < -0.39 is 5.97 Å². The molecule has 1 N–H and O–H groups in total. The van der Waals surface area contributed by atoms with Gasteiger partial charge in [0.05, 0.1) is 5.92 Å². The first-order chi connectivity index (χ1) is 11.7. The van der Waals surface area contributed by atoms with E-state index in [9.17, 15) is 4.79 Å². The van der Waals surface area contributed by atoms with Gasteiger partial charge in [0.25, 0.3) is 0 Å². The van der Waals surface area contributed by atoms with Crippen LogP contribution in [0.1, 0.15) is 65.2 Å². The van der Waals surface area contributed by atoms with Gasteiger partial charge in [-0.25, -0.2) is 0 Å². The van der Waals surface area contributed by atoms with Crippen LogP contribution in [0.2, 0.25) is 0 Å². The first kappa shape index (κ1) is 22.2. The van der Waals surface area contributed by atoms with Crippen LogP contribution in [0.4, 0.5) is 0 Å². The second kappa shape index (κ2) is 17.5.